The summed E-state index contributed by atoms with van der Waals surface area (Å²) in [6.07, 6.45) is 0. The zero-order chi connectivity index (χ0) is 13.6. The van der Waals surface area contributed by atoms with Gasteiger partial charge < -0.3 is 10.1 Å². The highest BCUT2D eigenvalue weighted by atomic mass is 19.1. The summed E-state index contributed by atoms with van der Waals surface area (Å²) in [5, 5.41) is 3.33. The number of ether oxygens (including phenoxy) is 1. The molecule has 3 heteroatoms. The summed E-state index contributed by atoms with van der Waals surface area (Å²) in [6, 6.07) is 6.64. The maximum Gasteiger partial charge on any atom is 0.128 e. The van der Waals surface area contributed by atoms with E-state index in [1.807, 2.05) is 0 Å². The molecule has 1 aromatic rings. The molecule has 0 saturated carbocycles. The van der Waals surface area contributed by atoms with E-state index in [2.05, 4.69) is 32.7 Å². The summed E-state index contributed by atoms with van der Waals surface area (Å²) in [6.45, 7) is 11.7. The van der Waals surface area contributed by atoms with Gasteiger partial charge >= 0.3 is 0 Å². The standard InChI is InChI=1S/C15H22FNO/c1-12(9-17-15(2,3)4)10-18-11-13-7-5-6-8-14(13)16/h5-8,17H,1,9-11H2,2-4H3. The Hall–Kier alpha value is -1.19. The van der Waals surface area contributed by atoms with Crippen molar-refractivity contribution in [2.75, 3.05) is 13.2 Å². The van der Waals surface area contributed by atoms with Gasteiger partial charge in [-0.25, -0.2) is 4.39 Å². The zero-order valence-corrected chi connectivity index (χ0v) is 11.4. The van der Waals surface area contributed by atoms with Crippen LogP contribution >= 0.6 is 0 Å². The van der Waals surface area contributed by atoms with Gasteiger partial charge in [-0.1, -0.05) is 24.8 Å². The van der Waals surface area contributed by atoms with Gasteiger partial charge in [-0.05, 0) is 32.4 Å². The van der Waals surface area contributed by atoms with Crippen LogP contribution in [-0.2, 0) is 11.3 Å². The lowest BCUT2D eigenvalue weighted by molar-refractivity contribution is 0.138. The van der Waals surface area contributed by atoms with Gasteiger partial charge in [0.25, 0.3) is 0 Å². The van der Waals surface area contributed by atoms with E-state index in [0.717, 1.165) is 5.57 Å². The molecule has 18 heavy (non-hydrogen) atoms. The van der Waals surface area contributed by atoms with Crippen LogP contribution < -0.4 is 5.32 Å². The van der Waals surface area contributed by atoms with Gasteiger partial charge in [-0.15, -0.1) is 0 Å². The minimum atomic E-state index is -0.226. The predicted molar refractivity (Wildman–Crippen MR) is 73.0 cm³/mol. The lowest BCUT2D eigenvalue weighted by Crippen LogP contribution is -2.37. The van der Waals surface area contributed by atoms with Crippen LogP contribution in [0.15, 0.2) is 36.4 Å². The Labute approximate surface area is 109 Å². The van der Waals surface area contributed by atoms with Crippen molar-refractivity contribution in [2.45, 2.75) is 32.9 Å². The quantitative estimate of drug-likeness (QED) is 0.783. The van der Waals surface area contributed by atoms with Crippen LogP contribution in [0.3, 0.4) is 0 Å². The molecule has 1 aromatic carbocycles. The van der Waals surface area contributed by atoms with E-state index < -0.39 is 0 Å². The van der Waals surface area contributed by atoms with Crippen LogP contribution in [0.2, 0.25) is 0 Å². The Kier molecular flexibility index (Phi) is 5.51. The van der Waals surface area contributed by atoms with Crippen LogP contribution in [0.5, 0.6) is 0 Å². The SMILES string of the molecule is C=C(CNC(C)(C)C)COCc1ccccc1F. The van der Waals surface area contributed by atoms with Crippen molar-refractivity contribution < 1.29 is 9.13 Å². The second kappa shape index (κ2) is 6.66. The second-order valence-electron chi connectivity index (χ2n) is 5.44. The molecule has 0 aliphatic rings. The number of halogens is 1. The molecule has 2 nitrogen and oxygen atoms in total. The first-order chi connectivity index (χ1) is 8.38. The van der Waals surface area contributed by atoms with Crippen molar-refractivity contribution in [2.24, 2.45) is 0 Å². The lowest BCUT2D eigenvalue weighted by atomic mass is 10.1. The molecule has 0 amide bonds. The third kappa shape index (κ3) is 5.94. The molecular formula is C15H22FNO. The van der Waals surface area contributed by atoms with Gasteiger partial charge in [-0.2, -0.15) is 0 Å². The van der Waals surface area contributed by atoms with Gasteiger partial charge in [0.2, 0.25) is 0 Å². The van der Waals surface area contributed by atoms with E-state index in [-0.39, 0.29) is 18.0 Å². The molecule has 0 heterocycles. The highest BCUT2D eigenvalue weighted by Gasteiger charge is 2.08. The molecule has 0 aliphatic heterocycles. The zero-order valence-electron chi connectivity index (χ0n) is 11.4. The maximum atomic E-state index is 13.3. The normalized spacial score (nSPS) is 11.6. The molecule has 0 spiro atoms. The van der Waals surface area contributed by atoms with E-state index in [1.54, 1.807) is 18.2 Å². The number of nitrogens with one attached hydrogen (secondary N) is 1. The van der Waals surface area contributed by atoms with Crippen molar-refractivity contribution in [3.05, 3.63) is 47.8 Å². The molecule has 0 aromatic heterocycles. The molecule has 0 unspecified atom stereocenters. The summed E-state index contributed by atoms with van der Waals surface area (Å²) in [4.78, 5) is 0. The lowest BCUT2D eigenvalue weighted by Gasteiger charge is -2.21. The molecule has 1 rings (SSSR count). The molecule has 0 atom stereocenters. The highest BCUT2D eigenvalue weighted by Crippen LogP contribution is 2.08. The highest BCUT2D eigenvalue weighted by molar-refractivity contribution is 5.16. The van der Waals surface area contributed by atoms with Crippen molar-refractivity contribution >= 4 is 0 Å². The monoisotopic (exact) mass is 251 g/mol. The van der Waals surface area contributed by atoms with Crippen molar-refractivity contribution in [3.63, 3.8) is 0 Å². The fraction of sp³-hybridized carbons (Fsp3) is 0.467. The fourth-order valence-corrected chi connectivity index (χ4v) is 1.36. The van der Waals surface area contributed by atoms with Gasteiger partial charge in [0.1, 0.15) is 5.82 Å². The smallest absolute Gasteiger partial charge is 0.128 e. The summed E-state index contributed by atoms with van der Waals surface area (Å²) in [5.74, 6) is -0.226. The number of hydrogen-bond donors (Lipinski definition) is 1. The molecule has 0 saturated heterocycles. The van der Waals surface area contributed by atoms with Crippen LogP contribution in [-0.4, -0.2) is 18.7 Å². The topological polar surface area (TPSA) is 21.3 Å². The van der Waals surface area contributed by atoms with Crippen LogP contribution in [0.1, 0.15) is 26.3 Å². The molecule has 0 aliphatic carbocycles. The molecule has 0 fully saturated rings. The van der Waals surface area contributed by atoms with Crippen LogP contribution in [0.4, 0.5) is 4.39 Å². The van der Waals surface area contributed by atoms with Crippen molar-refractivity contribution in [1.29, 1.82) is 0 Å². The average molecular weight is 251 g/mol. The number of benzene rings is 1. The van der Waals surface area contributed by atoms with Crippen molar-refractivity contribution in [1.82, 2.24) is 5.32 Å². The van der Waals surface area contributed by atoms with E-state index in [1.165, 1.54) is 6.07 Å². The minimum Gasteiger partial charge on any atom is -0.372 e. The van der Waals surface area contributed by atoms with Gasteiger partial charge in [0.05, 0.1) is 13.2 Å². The van der Waals surface area contributed by atoms with E-state index >= 15 is 0 Å². The third-order valence-electron chi connectivity index (χ3n) is 2.39. The predicted octanol–water partition coefficient (Wildman–Crippen LogP) is 3.29. The third-order valence-corrected chi connectivity index (χ3v) is 2.39. The minimum absolute atomic E-state index is 0.0640. The molecule has 100 valence electrons. The molecule has 0 radical (unpaired) electrons. The summed E-state index contributed by atoms with van der Waals surface area (Å²) < 4.78 is 18.8. The Morgan fingerprint density at radius 2 is 2.00 bits per heavy atom. The largest absolute Gasteiger partial charge is 0.372 e. The molecule has 1 N–H and O–H groups in total. The van der Waals surface area contributed by atoms with Gasteiger partial charge in [0, 0.05) is 17.6 Å². The number of hydrogen-bond acceptors (Lipinski definition) is 2. The Balaban J connectivity index is 2.26. The Morgan fingerprint density at radius 1 is 1.33 bits per heavy atom. The number of rotatable bonds is 6. The summed E-state index contributed by atoms with van der Waals surface area (Å²) in [7, 11) is 0. The fourth-order valence-electron chi connectivity index (χ4n) is 1.36. The van der Waals surface area contributed by atoms with Crippen LogP contribution in [0.25, 0.3) is 0 Å². The van der Waals surface area contributed by atoms with Crippen LogP contribution in [0, 0.1) is 5.82 Å². The first kappa shape index (κ1) is 14.9. The van der Waals surface area contributed by atoms with Gasteiger partial charge in [-0.3, -0.25) is 0 Å². The van der Waals surface area contributed by atoms with E-state index in [4.69, 9.17) is 4.74 Å². The van der Waals surface area contributed by atoms with E-state index in [0.29, 0.717) is 18.7 Å². The van der Waals surface area contributed by atoms with E-state index in [9.17, 15) is 4.39 Å². The Bertz CT molecular complexity index is 396. The van der Waals surface area contributed by atoms with Crippen molar-refractivity contribution in [3.8, 4) is 0 Å². The maximum absolute atomic E-state index is 13.3. The summed E-state index contributed by atoms with van der Waals surface area (Å²) in [5.41, 5.74) is 1.60. The first-order valence-corrected chi connectivity index (χ1v) is 6.11. The molecular weight excluding hydrogens is 229 g/mol. The second-order valence-corrected chi connectivity index (χ2v) is 5.44. The van der Waals surface area contributed by atoms with Gasteiger partial charge in [0.15, 0.2) is 0 Å². The first-order valence-electron chi connectivity index (χ1n) is 6.11. The molecule has 0 bridgehead atoms. The average Bonchev–Trinajstić information content (AvgIpc) is 2.28. The summed E-state index contributed by atoms with van der Waals surface area (Å²) >= 11 is 0. The Morgan fingerprint density at radius 3 is 2.61 bits per heavy atom.